The number of hydrogen-bond acceptors (Lipinski definition) is 2. The van der Waals surface area contributed by atoms with Gasteiger partial charge in [0.2, 0.25) is 5.91 Å². The molecule has 1 amide bonds. The molecule has 4 heteroatoms. The van der Waals surface area contributed by atoms with Crippen molar-refractivity contribution in [1.82, 2.24) is 10.6 Å². The molecule has 1 rings (SSSR count). The molecule has 108 valence electrons. The first kappa shape index (κ1) is 17.7. The summed E-state index contributed by atoms with van der Waals surface area (Å²) in [6.07, 6.45) is 5.27. The third kappa shape index (κ3) is 6.05. The molecule has 1 saturated heterocycles. The van der Waals surface area contributed by atoms with Crippen LogP contribution in [0, 0.1) is 11.8 Å². The van der Waals surface area contributed by atoms with Gasteiger partial charge in [0.05, 0.1) is 0 Å². The molecule has 0 bridgehead atoms. The Labute approximate surface area is 118 Å². The molecular weight excluding hydrogens is 248 g/mol. The predicted octanol–water partition coefficient (Wildman–Crippen LogP) is 2.74. The van der Waals surface area contributed by atoms with Gasteiger partial charge in [-0.3, -0.25) is 4.79 Å². The maximum absolute atomic E-state index is 11.9. The predicted molar refractivity (Wildman–Crippen MR) is 79.1 cm³/mol. The monoisotopic (exact) mass is 276 g/mol. The molecule has 0 aromatic carbocycles. The zero-order chi connectivity index (χ0) is 12.7. The topological polar surface area (TPSA) is 41.1 Å². The van der Waals surface area contributed by atoms with Gasteiger partial charge < -0.3 is 10.6 Å². The molecule has 0 saturated carbocycles. The van der Waals surface area contributed by atoms with Crippen molar-refractivity contribution in [1.29, 1.82) is 0 Å². The molecule has 2 unspecified atom stereocenters. The van der Waals surface area contributed by atoms with Gasteiger partial charge in [0.25, 0.3) is 0 Å². The summed E-state index contributed by atoms with van der Waals surface area (Å²) in [4.78, 5) is 11.9. The lowest BCUT2D eigenvalue weighted by Gasteiger charge is -2.28. The van der Waals surface area contributed by atoms with E-state index in [-0.39, 0.29) is 18.3 Å². The SMILES string of the molecule is CCC(CC)NC(=O)CC(C)C1CCCNC1.Cl. The smallest absolute Gasteiger partial charge is 0.220 e. The molecule has 18 heavy (non-hydrogen) atoms. The van der Waals surface area contributed by atoms with Crippen LogP contribution in [0.1, 0.15) is 52.9 Å². The number of halogens is 1. The van der Waals surface area contributed by atoms with Gasteiger partial charge in [-0.1, -0.05) is 20.8 Å². The summed E-state index contributed by atoms with van der Waals surface area (Å²) in [5.41, 5.74) is 0. The highest BCUT2D eigenvalue weighted by atomic mass is 35.5. The van der Waals surface area contributed by atoms with Gasteiger partial charge in [-0.25, -0.2) is 0 Å². The molecule has 0 aromatic heterocycles. The number of carbonyl (C=O) groups is 1. The van der Waals surface area contributed by atoms with Gasteiger partial charge >= 0.3 is 0 Å². The van der Waals surface area contributed by atoms with Crippen LogP contribution in [0.3, 0.4) is 0 Å². The van der Waals surface area contributed by atoms with Crippen molar-refractivity contribution in [3.63, 3.8) is 0 Å². The number of hydrogen-bond donors (Lipinski definition) is 2. The van der Waals surface area contributed by atoms with Gasteiger partial charge in [0.1, 0.15) is 0 Å². The van der Waals surface area contributed by atoms with Crippen LogP contribution in [0.2, 0.25) is 0 Å². The summed E-state index contributed by atoms with van der Waals surface area (Å²) in [6.45, 7) is 8.69. The Kier molecular flexibility index (Phi) is 9.47. The first-order valence-electron chi connectivity index (χ1n) is 7.17. The number of amides is 1. The van der Waals surface area contributed by atoms with Gasteiger partial charge in [-0.15, -0.1) is 12.4 Å². The van der Waals surface area contributed by atoms with E-state index in [0.717, 1.165) is 25.9 Å². The molecule has 1 heterocycles. The Balaban J connectivity index is 0.00000289. The minimum absolute atomic E-state index is 0. The molecule has 2 atom stereocenters. The fraction of sp³-hybridized carbons (Fsp3) is 0.929. The first-order chi connectivity index (χ1) is 8.17. The van der Waals surface area contributed by atoms with E-state index in [4.69, 9.17) is 0 Å². The van der Waals surface area contributed by atoms with E-state index in [1.807, 2.05) is 0 Å². The highest BCUT2D eigenvalue weighted by Gasteiger charge is 2.22. The summed E-state index contributed by atoms with van der Waals surface area (Å²) in [5.74, 6) is 1.41. The quantitative estimate of drug-likeness (QED) is 0.783. The minimum atomic E-state index is 0. The largest absolute Gasteiger partial charge is 0.353 e. The van der Waals surface area contributed by atoms with Gasteiger partial charge in [-0.05, 0) is 50.6 Å². The fourth-order valence-electron chi connectivity index (χ4n) is 2.60. The average Bonchev–Trinajstić information content (AvgIpc) is 2.37. The lowest BCUT2D eigenvalue weighted by molar-refractivity contribution is -0.123. The lowest BCUT2D eigenvalue weighted by atomic mass is 9.85. The molecular formula is C14H29ClN2O. The normalized spacial score (nSPS) is 21.2. The number of rotatable bonds is 6. The Morgan fingerprint density at radius 3 is 2.56 bits per heavy atom. The molecule has 1 aliphatic heterocycles. The Morgan fingerprint density at radius 1 is 1.39 bits per heavy atom. The van der Waals surface area contributed by atoms with Crippen LogP contribution in [0.15, 0.2) is 0 Å². The molecule has 1 aliphatic rings. The van der Waals surface area contributed by atoms with E-state index in [1.165, 1.54) is 12.8 Å². The van der Waals surface area contributed by atoms with Crippen molar-refractivity contribution in [3.05, 3.63) is 0 Å². The summed E-state index contributed by atoms with van der Waals surface area (Å²) in [5, 5.41) is 6.55. The van der Waals surface area contributed by atoms with Gasteiger partial charge in [-0.2, -0.15) is 0 Å². The molecule has 1 fully saturated rings. The fourth-order valence-corrected chi connectivity index (χ4v) is 2.60. The number of nitrogens with one attached hydrogen (secondary N) is 2. The highest BCUT2D eigenvalue weighted by molar-refractivity contribution is 5.85. The van der Waals surface area contributed by atoms with Gasteiger partial charge in [0.15, 0.2) is 0 Å². The van der Waals surface area contributed by atoms with Crippen LogP contribution in [0.25, 0.3) is 0 Å². The van der Waals surface area contributed by atoms with Crippen molar-refractivity contribution < 1.29 is 4.79 Å². The van der Waals surface area contributed by atoms with Crippen LogP contribution in [-0.2, 0) is 4.79 Å². The first-order valence-corrected chi connectivity index (χ1v) is 7.17. The van der Waals surface area contributed by atoms with Crippen molar-refractivity contribution in [3.8, 4) is 0 Å². The Morgan fingerprint density at radius 2 is 2.06 bits per heavy atom. The van der Waals surface area contributed by atoms with E-state index in [1.54, 1.807) is 0 Å². The zero-order valence-corrected chi connectivity index (χ0v) is 12.8. The number of carbonyl (C=O) groups excluding carboxylic acids is 1. The molecule has 0 aromatic rings. The molecule has 0 radical (unpaired) electrons. The summed E-state index contributed by atoms with van der Waals surface area (Å²) in [7, 11) is 0. The maximum Gasteiger partial charge on any atom is 0.220 e. The van der Waals surface area contributed by atoms with Gasteiger partial charge in [0, 0.05) is 12.5 Å². The van der Waals surface area contributed by atoms with E-state index in [0.29, 0.717) is 24.3 Å². The van der Waals surface area contributed by atoms with Crippen LogP contribution in [-0.4, -0.2) is 25.0 Å². The highest BCUT2D eigenvalue weighted by Crippen LogP contribution is 2.22. The third-order valence-corrected chi connectivity index (χ3v) is 4.00. The summed E-state index contributed by atoms with van der Waals surface area (Å²) in [6, 6.07) is 0.360. The van der Waals surface area contributed by atoms with Crippen LogP contribution in [0.4, 0.5) is 0 Å². The van der Waals surface area contributed by atoms with E-state index < -0.39 is 0 Å². The van der Waals surface area contributed by atoms with E-state index in [9.17, 15) is 4.79 Å². The van der Waals surface area contributed by atoms with Crippen molar-refractivity contribution >= 4 is 18.3 Å². The standard InChI is InChI=1S/C14H28N2O.ClH/c1-4-13(5-2)16-14(17)9-11(3)12-7-6-8-15-10-12;/h11-13,15H,4-10H2,1-3H3,(H,16,17);1H. The second-order valence-electron chi connectivity index (χ2n) is 5.37. The van der Waals surface area contributed by atoms with Crippen LogP contribution >= 0.6 is 12.4 Å². The summed E-state index contributed by atoms with van der Waals surface area (Å²) >= 11 is 0. The average molecular weight is 277 g/mol. The molecule has 2 N–H and O–H groups in total. The van der Waals surface area contributed by atoms with Crippen molar-refractivity contribution in [2.24, 2.45) is 11.8 Å². The molecule has 3 nitrogen and oxygen atoms in total. The minimum Gasteiger partial charge on any atom is -0.353 e. The second-order valence-corrected chi connectivity index (χ2v) is 5.37. The number of piperidine rings is 1. The lowest BCUT2D eigenvalue weighted by Crippen LogP contribution is -2.38. The van der Waals surface area contributed by atoms with E-state index >= 15 is 0 Å². The summed E-state index contributed by atoms with van der Waals surface area (Å²) < 4.78 is 0. The Bertz CT molecular complexity index is 226. The Hall–Kier alpha value is -0.280. The van der Waals surface area contributed by atoms with Crippen molar-refractivity contribution in [2.75, 3.05) is 13.1 Å². The van der Waals surface area contributed by atoms with Crippen LogP contribution in [0.5, 0.6) is 0 Å². The maximum atomic E-state index is 11.9. The molecule has 0 aliphatic carbocycles. The van der Waals surface area contributed by atoms with E-state index in [2.05, 4.69) is 31.4 Å². The second kappa shape index (κ2) is 9.62. The zero-order valence-electron chi connectivity index (χ0n) is 12.0. The van der Waals surface area contributed by atoms with Crippen molar-refractivity contribution in [2.45, 2.75) is 58.9 Å². The molecule has 0 spiro atoms. The third-order valence-electron chi connectivity index (χ3n) is 4.00. The van der Waals surface area contributed by atoms with Crippen LogP contribution < -0.4 is 10.6 Å².